The Hall–Kier alpha value is -1.40. The van der Waals surface area contributed by atoms with Crippen molar-refractivity contribution in [3.05, 3.63) is 29.6 Å². The van der Waals surface area contributed by atoms with Gasteiger partial charge in [0.1, 0.15) is 17.5 Å². The van der Waals surface area contributed by atoms with Gasteiger partial charge in [0, 0.05) is 0 Å². The molecule has 0 amide bonds. The molecule has 0 unspecified atom stereocenters. The minimum Gasteiger partial charge on any atom is -0.274 e. The molecule has 0 N–H and O–H groups in total. The molecule has 0 atom stereocenters. The summed E-state index contributed by atoms with van der Waals surface area (Å²) in [5.41, 5.74) is 0.294. The molecule has 3 nitrogen and oxygen atoms in total. The van der Waals surface area contributed by atoms with Crippen molar-refractivity contribution in [1.29, 1.82) is 5.26 Å². The number of carbonyl (C=O) groups excluding carboxylic acids is 1. The lowest BCUT2D eigenvalue weighted by atomic mass is 10.3. The lowest BCUT2D eigenvalue weighted by Gasteiger charge is -1.90. The Labute approximate surface area is 68.2 Å². The van der Waals surface area contributed by atoms with Gasteiger partial charge in [0.25, 0.3) is 5.24 Å². The van der Waals surface area contributed by atoms with E-state index < -0.39 is 5.24 Å². The van der Waals surface area contributed by atoms with E-state index in [1.807, 2.05) is 0 Å². The van der Waals surface area contributed by atoms with Gasteiger partial charge in [-0.25, -0.2) is 4.98 Å². The van der Waals surface area contributed by atoms with Crippen LogP contribution < -0.4 is 0 Å². The van der Waals surface area contributed by atoms with E-state index in [9.17, 15) is 4.79 Å². The smallest absolute Gasteiger partial charge is 0.270 e. The zero-order chi connectivity index (χ0) is 8.27. The van der Waals surface area contributed by atoms with Crippen LogP contribution in [0.25, 0.3) is 0 Å². The van der Waals surface area contributed by atoms with E-state index in [2.05, 4.69) is 4.98 Å². The molecule has 11 heavy (non-hydrogen) atoms. The molecule has 1 rings (SSSR count). The zero-order valence-electron chi connectivity index (χ0n) is 5.41. The number of hydrogen-bond donors (Lipinski definition) is 0. The first-order valence-electron chi connectivity index (χ1n) is 2.81. The van der Waals surface area contributed by atoms with Gasteiger partial charge in [-0.15, -0.1) is 0 Å². The minimum absolute atomic E-state index is 0.103. The number of halogens is 1. The van der Waals surface area contributed by atoms with Gasteiger partial charge < -0.3 is 0 Å². The first kappa shape index (κ1) is 7.70. The van der Waals surface area contributed by atoms with Gasteiger partial charge in [-0.05, 0) is 23.7 Å². The molecule has 0 aliphatic carbocycles. The van der Waals surface area contributed by atoms with Gasteiger partial charge in [0.05, 0.1) is 0 Å². The molecule has 0 aromatic carbocycles. The predicted molar refractivity (Wildman–Crippen MR) is 39.1 cm³/mol. The number of hydrogen-bond acceptors (Lipinski definition) is 3. The number of nitriles is 1. The van der Waals surface area contributed by atoms with Crippen molar-refractivity contribution in [1.82, 2.24) is 4.98 Å². The molecule has 1 heterocycles. The monoisotopic (exact) mass is 166 g/mol. The van der Waals surface area contributed by atoms with Crippen LogP contribution in [0.5, 0.6) is 0 Å². The van der Waals surface area contributed by atoms with Crippen LogP contribution in [0.15, 0.2) is 18.2 Å². The molecular weight excluding hydrogens is 164 g/mol. The highest BCUT2D eigenvalue weighted by molar-refractivity contribution is 6.67. The Kier molecular flexibility index (Phi) is 2.19. The molecule has 54 valence electrons. The number of aromatic nitrogens is 1. The molecule has 0 aliphatic rings. The van der Waals surface area contributed by atoms with Gasteiger partial charge in [-0.1, -0.05) is 6.07 Å². The van der Waals surface area contributed by atoms with E-state index in [-0.39, 0.29) is 11.4 Å². The number of nitrogens with zero attached hydrogens (tertiary/aromatic N) is 2. The highest BCUT2D eigenvalue weighted by Gasteiger charge is 2.02. The van der Waals surface area contributed by atoms with E-state index in [4.69, 9.17) is 16.9 Å². The summed E-state index contributed by atoms with van der Waals surface area (Å²) in [4.78, 5) is 14.2. The minimum atomic E-state index is -0.651. The van der Waals surface area contributed by atoms with Crippen molar-refractivity contribution in [3.63, 3.8) is 0 Å². The van der Waals surface area contributed by atoms with Crippen LogP contribution in [0, 0.1) is 11.3 Å². The quantitative estimate of drug-likeness (QED) is 0.592. The van der Waals surface area contributed by atoms with Crippen LogP contribution in [0.3, 0.4) is 0 Å². The fourth-order valence-corrected chi connectivity index (χ4v) is 0.712. The van der Waals surface area contributed by atoms with Crippen molar-refractivity contribution in [2.24, 2.45) is 0 Å². The summed E-state index contributed by atoms with van der Waals surface area (Å²) in [5, 5.41) is 7.73. The summed E-state index contributed by atoms with van der Waals surface area (Å²) in [5.74, 6) is 0. The van der Waals surface area contributed by atoms with Crippen molar-refractivity contribution >= 4 is 16.8 Å². The lowest BCUT2D eigenvalue weighted by Crippen LogP contribution is -1.94. The van der Waals surface area contributed by atoms with Crippen molar-refractivity contribution in [2.75, 3.05) is 0 Å². The van der Waals surface area contributed by atoms with Gasteiger partial charge >= 0.3 is 0 Å². The third kappa shape index (κ3) is 1.76. The number of rotatable bonds is 1. The van der Waals surface area contributed by atoms with Crippen LogP contribution in [0.1, 0.15) is 16.2 Å². The van der Waals surface area contributed by atoms with E-state index >= 15 is 0 Å². The third-order valence-electron chi connectivity index (χ3n) is 1.07. The normalized spacial score (nSPS) is 8.73. The number of carbonyl (C=O) groups is 1. The van der Waals surface area contributed by atoms with E-state index in [0.29, 0.717) is 0 Å². The average molecular weight is 167 g/mol. The molecule has 0 spiro atoms. The molecule has 0 bridgehead atoms. The molecular formula is C7H3ClN2O. The molecule has 0 saturated heterocycles. The van der Waals surface area contributed by atoms with Gasteiger partial charge in [0.2, 0.25) is 0 Å². The molecule has 0 radical (unpaired) electrons. The Balaban J connectivity index is 3.13. The highest BCUT2D eigenvalue weighted by Crippen LogP contribution is 2.01. The Morgan fingerprint density at radius 3 is 2.91 bits per heavy atom. The van der Waals surface area contributed by atoms with Crippen LogP contribution in [0.4, 0.5) is 0 Å². The van der Waals surface area contributed by atoms with Gasteiger partial charge in [-0.2, -0.15) is 5.26 Å². The molecule has 1 aromatic heterocycles. The van der Waals surface area contributed by atoms with Gasteiger partial charge in [0.15, 0.2) is 0 Å². The Morgan fingerprint density at radius 1 is 1.64 bits per heavy atom. The topological polar surface area (TPSA) is 53.8 Å². The van der Waals surface area contributed by atoms with E-state index in [1.54, 1.807) is 12.1 Å². The zero-order valence-corrected chi connectivity index (χ0v) is 6.17. The van der Waals surface area contributed by atoms with Crippen molar-refractivity contribution < 1.29 is 4.79 Å². The third-order valence-corrected chi connectivity index (χ3v) is 1.26. The summed E-state index contributed by atoms with van der Waals surface area (Å²) >= 11 is 5.12. The SMILES string of the molecule is N#Cc1cccc(C(=O)Cl)n1. The van der Waals surface area contributed by atoms with E-state index in [1.165, 1.54) is 12.1 Å². The summed E-state index contributed by atoms with van der Waals surface area (Å²) in [6.07, 6.45) is 0. The van der Waals surface area contributed by atoms with Gasteiger partial charge in [-0.3, -0.25) is 4.79 Å². The first-order chi connectivity index (χ1) is 5.24. The summed E-state index contributed by atoms with van der Waals surface area (Å²) in [6.45, 7) is 0. The Bertz CT molecular complexity index is 329. The second-order valence-corrected chi connectivity index (χ2v) is 2.14. The maximum Gasteiger partial charge on any atom is 0.270 e. The predicted octanol–water partition coefficient (Wildman–Crippen LogP) is 1.33. The summed E-state index contributed by atoms with van der Waals surface area (Å²) in [7, 11) is 0. The first-order valence-corrected chi connectivity index (χ1v) is 3.19. The average Bonchev–Trinajstić information content (AvgIpc) is 2.05. The Morgan fingerprint density at radius 2 is 2.36 bits per heavy atom. The van der Waals surface area contributed by atoms with Crippen LogP contribution in [-0.4, -0.2) is 10.2 Å². The summed E-state index contributed by atoms with van der Waals surface area (Å²) in [6, 6.07) is 6.31. The van der Waals surface area contributed by atoms with Crippen LogP contribution in [0.2, 0.25) is 0 Å². The molecule has 0 aliphatic heterocycles. The summed E-state index contributed by atoms with van der Waals surface area (Å²) < 4.78 is 0. The molecule has 0 saturated carbocycles. The maximum absolute atomic E-state index is 10.5. The highest BCUT2D eigenvalue weighted by atomic mass is 35.5. The molecule has 1 aromatic rings. The second kappa shape index (κ2) is 3.13. The maximum atomic E-state index is 10.5. The standard InChI is InChI=1S/C7H3ClN2O/c8-7(11)6-3-1-2-5(4-9)10-6/h1-3H. The molecule has 0 fully saturated rings. The largest absolute Gasteiger partial charge is 0.274 e. The number of pyridine rings is 1. The van der Waals surface area contributed by atoms with Crippen molar-refractivity contribution in [3.8, 4) is 6.07 Å². The lowest BCUT2D eigenvalue weighted by molar-refractivity contribution is 0.107. The second-order valence-electron chi connectivity index (χ2n) is 1.79. The fraction of sp³-hybridized carbons (Fsp3) is 0. The van der Waals surface area contributed by atoms with Crippen LogP contribution in [-0.2, 0) is 0 Å². The van der Waals surface area contributed by atoms with Crippen molar-refractivity contribution in [2.45, 2.75) is 0 Å². The van der Waals surface area contributed by atoms with Crippen LogP contribution >= 0.6 is 11.6 Å². The fourth-order valence-electron chi connectivity index (χ4n) is 0.606. The molecule has 4 heteroatoms. The van der Waals surface area contributed by atoms with E-state index in [0.717, 1.165) is 0 Å².